The number of aromatic nitrogens is 2. The molecule has 20 heavy (non-hydrogen) atoms. The van der Waals surface area contributed by atoms with Crippen LogP contribution in [0.4, 0.5) is 0 Å². The van der Waals surface area contributed by atoms with E-state index in [-0.39, 0.29) is 0 Å². The molecule has 0 bridgehead atoms. The van der Waals surface area contributed by atoms with Crippen LogP contribution in [0, 0.1) is 5.92 Å². The van der Waals surface area contributed by atoms with E-state index in [4.69, 9.17) is 27.7 Å². The number of benzene rings is 1. The first-order chi connectivity index (χ1) is 9.72. The number of piperidine rings is 1. The van der Waals surface area contributed by atoms with E-state index in [1.807, 2.05) is 6.07 Å². The largest absolute Gasteiger partial charge is 0.339 e. The van der Waals surface area contributed by atoms with Crippen LogP contribution >= 0.6 is 23.2 Å². The van der Waals surface area contributed by atoms with Crippen molar-refractivity contribution in [2.24, 2.45) is 5.92 Å². The maximum atomic E-state index is 6.00. The summed E-state index contributed by atoms with van der Waals surface area (Å²) < 4.78 is 5.33. The molecule has 2 heterocycles. The average molecular weight is 312 g/mol. The molecule has 4 nitrogen and oxygen atoms in total. The van der Waals surface area contributed by atoms with Crippen molar-refractivity contribution in [2.45, 2.75) is 19.3 Å². The second-order valence-corrected chi connectivity index (χ2v) is 5.85. The van der Waals surface area contributed by atoms with Crippen molar-refractivity contribution in [1.29, 1.82) is 0 Å². The monoisotopic (exact) mass is 311 g/mol. The molecule has 2 aromatic rings. The van der Waals surface area contributed by atoms with Crippen molar-refractivity contribution in [3.05, 3.63) is 34.1 Å². The van der Waals surface area contributed by atoms with Crippen LogP contribution in [0.15, 0.2) is 22.7 Å². The Bertz CT molecular complexity index is 594. The number of nitrogens with one attached hydrogen (secondary N) is 1. The minimum atomic E-state index is 0.494. The fraction of sp³-hybridized carbons (Fsp3) is 0.429. The molecule has 6 heteroatoms. The van der Waals surface area contributed by atoms with Gasteiger partial charge in [0.25, 0.3) is 0 Å². The molecule has 0 atom stereocenters. The lowest BCUT2D eigenvalue weighted by molar-refractivity contribution is 0.313. The number of hydrogen-bond donors (Lipinski definition) is 1. The highest BCUT2D eigenvalue weighted by atomic mass is 35.5. The lowest BCUT2D eigenvalue weighted by Crippen LogP contribution is -2.28. The third-order valence-corrected chi connectivity index (χ3v) is 4.31. The van der Waals surface area contributed by atoms with E-state index < -0.39 is 0 Å². The van der Waals surface area contributed by atoms with Gasteiger partial charge in [-0.15, -0.1) is 0 Å². The molecule has 0 saturated carbocycles. The predicted molar refractivity (Wildman–Crippen MR) is 79.1 cm³/mol. The Morgan fingerprint density at radius 3 is 2.75 bits per heavy atom. The van der Waals surface area contributed by atoms with Gasteiger partial charge in [0, 0.05) is 12.0 Å². The molecule has 1 aromatic heterocycles. The Morgan fingerprint density at radius 1 is 1.20 bits per heavy atom. The first-order valence-electron chi connectivity index (χ1n) is 6.71. The summed E-state index contributed by atoms with van der Waals surface area (Å²) in [6, 6.07) is 5.33. The molecule has 1 aromatic carbocycles. The van der Waals surface area contributed by atoms with Gasteiger partial charge in [-0.05, 0) is 50.0 Å². The van der Waals surface area contributed by atoms with Crippen LogP contribution in [0.5, 0.6) is 0 Å². The molecule has 1 fully saturated rings. The van der Waals surface area contributed by atoms with Crippen molar-refractivity contribution in [3.63, 3.8) is 0 Å². The van der Waals surface area contributed by atoms with Gasteiger partial charge in [0.15, 0.2) is 0 Å². The maximum absolute atomic E-state index is 6.00. The molecule has 1 aliphatic rings. The molecule has 0 radical (unpaired) electrons. The third kappa shape index (κ3) is 3.14. The molecular formula is C14H15Cl2N3O. The van der Waals surface area contributed by atoms with Crippen molar-refractivity contribution in [2.75, 3.05) is 13.1 Å². The van der Waals surface area contributed by atoms with Crippen molar-refractivity contribution < 1.29 is 4.52 Å². The van der Waals surface area contributed by atoms with E-state index in [2.05, 4.69) is 15.5 Å². The lowest BCUT2D eigenvalue weighted by atomic mass is 9.95. The van der Waals surface area contributed by atoms with Gasteiger partial charge in [-0.25, -0.2) is 0 Å². The summed E-state index contributed by atoms with van der Waals surface area (Å²) in [7, 11) is 0. The maximum Gasteiger partial charge on any atom is 0.227 e. The first-order valence-corrected chi connectivity index (χ1v) is 7.46. The zero-order chi connectivity index (χ0) is 13.9. The minimum absolute atomic E-state index is 0.494. The summed E-state index contributed by atoms with van der Waals surface area (Å²) in [5.41, 5.74) is 0.819. The fourth-order valence-electron chi connectivity index (χ4n) is 2.42. The van der Waals surface area contributed by atoms with Gasteiger partial charge in [-0.3, -0.25) is 0 Å². The van der Waals surface area contributed by atoms with Gasteiger partial charge in [0.1, 0.15) is 0 Å². The summed E-state index contributed by atoms with van der Waals surface area (Å²) in [6.07, 6.45) is 3.16. The Hall–Kier alpha value is -1.10. The van der Waals surface area contributed by atoms with Gasteiger partial charge >= 0.3 is 0 Å². The van der Waals surface area contributed by atoms with Crippen LogP contribution in [-0.4, -0.2) is 23.2 Å². The van der Waals surface area contributed by atoms with Gasteiger partial charge in [-0.1, -0.05) is 28.4 Å². The molecule has 0 unspecified atom stereocenters. The molecule has 3 rings (SSSR count). The highest BCUT2D eigenvalue weighted by molar-refractivity contribution is 6.42. The van der Waals surface area contributed by atoms with Gasteiger partial charge in [0.2, 0.25) is 11.7 Å². The molecule has 0 amide bonds. The molecular weight excluding hydrogens is 297 g/mol. The lowest BCUT2D eigenvalue weighted by Gasteiger charge is -2.20. The Balaban J connectivity index is 1.73. The number of hydrogen-bond acceptors (Lipinski definition) is 4. The van der Waals surface area contributed by atoms with Gasteiger partial charge < -0.3 is 9.84 Å². The van der Waals surface area contributed by atoms with Crippen molar-refractivity contribution in [1.82, 2.24) is 15.5 Å². The molecule has 0 spiro atoms. The summed E-state index contributed by atoms with van der Waals surface area (Å²) >= 11 is 11.9. The molecule has 1 N–H and O–H groups in total. The predicted octanol–water partition coefficient (Wildman–Crippen LogP) is 3.59. The van der Waals surface area contributed by atoms with E-state index in [1.54, 1.807) is 12.1 Å². The molecule has 1 saturated heterocycles. The van der Waals surface area contributed by atoms with Crippen molar-refractivity contribution in [3.8, 4) is 11.4 Å². The van der Waals surface area contributed by atoms with Gasteiger partial charge in [-0.2, -0.15) is 4.98 Å². The quantitative estimate of drug-likeness (QED) is 0.941. The third-order valence-electron chi connectivity index (χ3n) is 3.57. The molecule has 1 aliphatic heterocycles. The summed E-state index contributed by atoms with van der Waals surface area (Å²) in [5, 5.41) is 8.38. The second-order valence-electron chi connectivity index (χ2n) is 5.04. The van der Waals surface area contributed by atoms with Crippen LogP contribution in [0.3, 0.4) is 0 Å². The Morgan fingerprint density at radius 2 is 2.00 bits per heavy atom. The number of halogens is 2. The summed E-state index contributed by atoms with van der Waals surface area (Å²) in [4.78, 5) is 4.45. The molecule has 0 aliphatic carbocycles. The smallest absolute Gasteiger partial charge is 0.227 e. The zero-order valence-electron chi connectivity index (χ0n) is 10.9. The van der Waals surface area contributed by atoms with Crippen LogP contribution in [0.1, 0.15) is 18.7 Å². The second kappa shape index (κ2) is 6.12. The number of nitrogens with zero attached hydrogens (tertiary/aromatic N) is 2. The normalized spacial score (nSPS) is 16.5. The van der Waals surface area contributed by atoms with E-state index in [0.717, 1.165) is 37.9 Å². The van der Waals surface area contributed by atoms with E-state index in [9.17, 15) is 0 Å². The Kier molecular flexibility index (Phi) is 4.24. The van der Waals surface area contributed by atoms with Crippen LogP contribution in [0.25, 0.3) is 11.4 Å². The zero-order valence-corrected chi connectivity index (χ0v) is 12.4. The summed E-state index contributed by atoms with van der Waals surface area (Å²) in [6.45, 7) is 2.14. The van der Waals surface area contributed by atoms with Gasteiger partial charge in [0.05, 0.1) is 10.0 Å². The Labute approximate surface area is 127 Å². The number of rotatable bonds is 3. The highest BCUT2D eigenvalue weighted by Gasteiger charge is 2.18. The van der Waals surface area contributed by atoms with Crippen LogP contribution < -0.4 is 5.32 Å². The topological polar surface area (TPSA) is 51.0 Å². The van der Waals surface area contributed by atoms with Crippen molar-refractivity contribution >= 4 is 23.2 Å². The van der Waals surface area contributed by atoms with E-state index >= 15 is 0 Å². The first kappa shape index (κ1) is 13.9. The van der Waals surface area contributed by atoms with E-state index in [0.29, 0.717) is 27.7 Å². The van der Waals surface area contributed by atoms with Crippen LogP contribution in [-0.2, 0) is 6.42 Å². The highest BCUT2D eigenvalue weighted by Crippen LogP contribution is 2.27. The standard InChI is InChI=1S/C14H15Cl2N3O/c15-11-2-1-10(8-12(11)16)14-18-13(20-19-14)7-9-3-5-17-6-4-9/h1-2,8-9,17H,3-7H2. The SMILES string of the molecule is Clc1ccc(-c2noc(CC3CCNCC3)n2)cc1Cl. The molecule has 106 valence electrons. The summed E-state index contributed by atoms with van der Waals surface area (Å²) in [5.74, 6) is 1.88. The minimum Gasteiger partial charge on any atom is -0.339 e. The van der Waals surface area contributed by atoms with Crippen LogP contribution in [0.2, 0.25) is 10.0 Å². The fourth-order valence-corrected chi connectivity index (χ4v) is 2.72. The average Bonchev–Trinajstić information content (AvgIpc) is 2.91. The van der Waals surface area contributed by atoms with E-state index in [1.165, 1.54) is 0 Å².